The SMILES string of the molecule is CN(C)C(=O)Cc1ccc(B(O)O)cc1. The Bertz CT molecular complexity index is 335. The van der Waals surface area contributed by atoms with Gasteiger partial charge in [0.05, 0.1) is 6.42 Å². The van der Waals surface area contributed by atoms with Gasteiger partial charge in [-0.05, 0) is 11.0 Å². The molecule has 0 unspecified atom stereocenters. The molecule has 0 heterocycles. The van der Waals surface area contributed by atoms with Gasteiger partial charge in [0.2, 0.25) is 5.91 Å². The zero-order chi connectivity index (χ0) is 11.4. The van der Waals surface area contributed by atoms with Crippen LogP contribution in [0, 0.1) is 0 Å². The van der Waals surface area contributed by atoms with E-state index in [1.54, 1.807) is 38.4 Å². The summed E-state index contributed by atoms with van der Waals surface area (Å²) < 4.78 is 0. The van der Waals surface area contributed by atoms with Gasteiger partial charge in [-0.15, -0.1) is 0 Å². The van der Waals surface area contributed by atoms with Crippen molar-refractivity contribution in [2.75, 3.05) is 14.1 Å². The second-order valence-electron chi connectivity index (χ2n) is 3.58. The zero-order valence-corrected chi connectivity index (χ0v) is 8.84. The van der Waals surface area contributed by atoms with Crippen LogP contribution in [0.4, 0.5) is 0 Å². The Morgan fingerprint density at radius 3 is 2.20 bits per heavy atom. The van der Waals surface area contributed by atoms with Crippen LogP contribution >= 0.6 is 0 Å². The minimum Gasteiger partial charge on any atom is -0.423 e. The second kappa shape index (κ2) is 4.95. The van der Waals surface area contributed by atoms with Crippen molar-refractivity contribution in [3.05, 3.63) is 29.8 Å². The normalized spacial score (nSPS) is 9.87. The summed E-state index contributed by atoms with van der Waals surface area (Å²) in [5, 5.41) is 17.7. The Kier molecular flexibility index (Phi) is 3.88. The molecule has 0 fully saturated rings. The third-order valence-electron chi connectivity index (χ3n) is 2.13. The summed E-state index contributed by atoms with van der Waals surface area (Å²) in [6.45, 7) is 0. The molecule has 0 aliphatic rings. The Balaban J connectivity index is 2.69. The van der Waals surface area contributed by atoms with Crippen LogP contribution in [0.3, 0.4) is 0 Å². The third-order valence-corrected chi connectivity index (χ3v) is 2.13. The van der Waals surface area contributed by atoms with Crippen LogP contribution < -0.4 is 5.46 Å². The van der Waals surface area contributed by atoms with Crippen molar-refractivity contribution in [2.24, 2.45) is 0 Å². The van der Waals surface area contributed by atoms with Crippen molar-refractivity contribution in [1.82, 2.24) is 4.90 Å². The molecule has 1 amide bonds. The van der Waals surface area contributed by atoms with Crippen molar-refractivity contribution in [3.63, 3.8) is 0 Å². The lowest BCUT2D eigenvalue weighted by Crippen LogP contribution is -2.29. The van der Waals surface area contributed by atoms with Gasteiger partial charge in [0.25, 0.3) is 0 Å². The molecule has 2 N–H and O–H groups in total. The average molecular weight is 207 g/mol. The van der Waals surface area contributed by atoms with Crippen LogP contribution in [0.15, 0.2) is 24.3 Å². The number of carbonyl (C=O) groups is 1. The molecule has 0 aliphatic carbocycles. The molecule has 0 atom stereocenters. The standard InChI is InChI=1S/C10H14BNO3/c1-12(2)10(13)7-8-3-5-9(6-4-8)11(14)15/h3-6,14-15H,7H2,1-2H3. The summed E-state index contributed by atoms with van der Waals surface area (Å²) in [4.78, 5) is 12.9. The van der Waals surface area contributed by atoms with E-state index in [9.17, 15) is 4.79 Å². The maximum Gasteiger partial charge on any atom is 0.488 e. The van der Waals surface area contributed by atoms with Crippen molar-refractivity contribution in [2.45, 2.75) is 6.42 Å². The van der Waals surface area contributed by atoms with Gasteiger partial charge >= 0.3 is 7.12 Å². The molecular weight excluding hydrogens is 193 g/mol. The predicted molar refractivity (Wildman–Crippen MR) is 58.7 cm³/mol. The Morgan fingerprint density at radius 2 is 1.80 bits per heavy atom. The molecular formula is C10H14BNO3. The molecule has 4 nitrogen and oxygen atoms in total. The number of likely N-dealkylation sites (N-methyl/N-ethyl adjacent to an activating group) is 1. The smallest absolute Gasteiger partial charge is 0.423 e. The lowest BCUT2D eigenvalue weighted by molar-refractivity contribution is -0.127. The first-order valence-corrected chi connectivity index (χ1v) is 4.66. The van der Waals surface area contributed by atoms with E-state index in [0.29, 0.717) is 11.9 Å². The van der Waals surface area contributed by atoms with Crippen LogP contribution in [-0.4, -0.2) is 42.1 Å². The summed E-state index contributed by atoms with van der Waals surface area (Å²) >= 11 is 0. The van der Waals surface area contributed by atoms with Gasteiger partial charge in [0, 0.05) is 14.1 Å². The predicted octanol–water partition coefficient (Wildman–Crippen LogP) is -1.00. The minimum absolute atomic E-state index is 0.0206. The number of carbonyl (C=O) groups excluding carboxylic acids is 1. The zero-order valence-electron chi connectivity index (χ0n) is 8.84. The highest BCUT2D eigenvalue weighted by molar-refractivity contribution is 6.58. The highest BCUT2D eigenvalue weighted by Crippen LogP contribution is 2.00. The molecule has 1 aromatic rings. The van der Waals surface area contributed by atoms with Gasteiger partial charge < -0.3 is 14.9 Å². The maximum absolute atomic E-state index is 11.4. The van der Waals surface area contributed by atoms with E-state index < -0.39 is 7.12 Å². The van der Waals surface area contributed by atoms with E-state index in [4.69, 9.17) is 10.0 Å². The van der Waals surface area contributed by atoms with Gasteiger partial charge in [0.1, 0.15) is 0 Å². The summed E-state index contributed by atoms with van der Waals surface area (Å²) in [5.74, 6) is 0.0206. The first kappa shape index (κ1) is 11.7. The van der Waals surface area contributed by atoms with Crippen LogP contribution in [0.25, 0.3) is 0 Å². The van der Waals surface area contributed by atoms with Crippen LogP contribution in [-0.2, 0) is 11.2 Å². The van der Waals surface area contributed by atoms with Crippen LogP contribution in [0.2, 0.25) is 0 Å². The molecule has 0 saturated heterocycles. The molecule has 0 aromatic heterocycles. The summed E-state index contributed by atoms with van der Waals surface area (Å²) in [6.07, 6.45) is 0.328. The number of rotatable bonds is 3. The van der Waals surface area contributed by atoms with E-state index in [-0.39, 0.29) is 5.91 Å². The largest absolute Gasteiger partial charge is 0.488 e. The first-order chi connectivity index (χ1) is 7.00. The van der Waals surface area contributed by atoms with Crippen molar-refractivity contribution in [1.29, 1.82) is 0 Å². The highest BCUT2D eigenvalue weighted by atomic mass is 16.4. The van der Waals surface area contributed by atoms with Gasteiger partial charge in [0.15, 0.2) is 0 Å². The summed E-state index contributed by atoms with van der Waals surface area (Å²) in [7, 11) is 1.95. The van der Waals surface area contributed by atoms with Crippen molar-refractivity contribution in [3.8, 4) is 0 Å². The number of amides is 1. The number of nitrogens with zero attached hydrogens (tertiary/aromatic N) is 1. The van der Waals surface area contributed by atoms with Crippen LogP contribution in [0.5, 0.6) is 0 Å². The molecule has 15 heavy (non-hydrogen) atoms. The lowest BCUT2D eigenvalue weighted by atomic mass is 9.80. The highest BCUT2D eigenvalue weighted by Gasteiger charge is 2.11. The maximum atomic E-state index is 11.4. The quantitative estimate of drug-likeness (QED) is 0.624. The Labute approximate surface area is 89.3 Å². The first-order valence-electron chi connectivity index (χ1n) is 4.66. The number of hydrogen-bond acceptors (Lipinski definition) is 3. The van der Waals surface area contributed by atoms with E-state index >= 15 is 0 Å². The van der Waals surface area contributed by atoms with E-state index in [2.05, 4.69) is 0 Å². The fraction of sp³-hybridized carbons (Fsp3) is 0.300. The summed E-state index contributed by atoms with van der Waals surface area (Å²) in [6, 6.07) is 6.64. The van der Waals surface area contributed by atoms with Gasteiger partial charge in [-0.2, -0.15) is 0 Å². The van der Waals surface area contributed by atoms with Crippen molar-refractivity contribution < 1.29 is 14.8 Å². The molecule has 0 saturated carbocycles. The molecule has 0 radical (unpaired) electrons. The molecule has 0 spiro atoms. The number of benzene rings is 1. The molecule has 5 heteroatoms. The topological polar surface area (TPSA) is 60.8 Å². The van der Waals surface area contributed by atoms with E-state index in [1.165, 1.54) is 4.90 Å². The average Bonchev–Trinajstić information content (AvgIpc) is 2.18. The molecule has 0 aliphatic heterocycles. The van der Waals surface area contributed by atoms with Crippen molar-refractivity contribution >= 4 is 18.5 Å². The van der Waals surface area contributed by atoms with Gasteiger partial charge in [-0.1, -0.05) is 24.3 Å². The van der Waals surface area contributed by atoms with E-state index in [1.807, 2.05) is 0 Å². The van der Waals surface area contributed by atoms with Gasteiger partial charge in [-0.3, -0.25) is 4.79 Å². The molecule has 1 rings (SSSR count). The molecule has 1 aromatic carbocycles. The Morgan fingerprint density at radius 1 is 1.27 bits per heavy atom. The minimum atomic E-state index is -1.45. The fourth-order valence-electron chi connectivity index (χ4n) is 1.14. The summed E-state index contributed by atoms with van der Waals surface area (Å²) in [5.41, 5.74) is 1.29. The molecule has 0 bridgehead atoms. The third kappa shape index (κ3) is 3.38. The fourth-order valence-corrected chi connectivity index (χ4v) is 1.14. The van der Waals surface area contributed by atoms with Crippen LogP contribution in [0.1, 0.15) is 5.56 Å². The monoisotopic (exact) mass is 207 g/mol. The number of hydrogen-bond donors (Lipinski definition) is 2. The van der Waals surface area contributed by atoms with Gasteiger partial charge in [-0.25, -0.2) is 0 Å². The molecule has 80 valence electrons. The second-order valence-corrected chi connectivity index (χ2v) is 3.58. The lowest BCUT2D eigenvalue weighted by Gasteiger charge is -2.10. The Hall–Kier alpha value is -1.33. The van der Waals surface area contributed by atoms with E-state index in [0.717, 1.165) is 5.56 Å².